The maximum absolute atomic E-state index is 10.8. The lowest BCUT2D eigenvalue weighted by molar-refractivity contribution is -0.136. The predicted molar refractivity (Wildman–Crippen MR) is 94.2 cm³/mol. The van der Waals surface area contributed by atoms with E-state index in [1.54, 1.807) is 0 Å². The van der Waals surface area contributed by atoms with E-state index in [9.17, 15) is 4.79 Å². The summed E-state index contributed by atoms with van der Waals surface area (Å²) >= 11 is 0. The van der Waals surface area contributed by atoms with E-state index in [4.69, 9.17) is 10.1 Å². The monoisotopic (exact) mass is 340 g/mol. The molecule has 0 aliphatic carbocycles. The van der Waals surface area contributed by atoms with Crippen LogP contribution in [0.2, 0.25) is 0 Å². The van der Waals surface area contributed by atoms with Crippen molar-refractivity contribution in [2.24, 2.45) is 0 Å². The maximum atomic E-state index is 10.8. The number of likely N-dealkylation sites (tertiary alicyclic amines) is 1. The highest BCUT2D eigenvalue weighted by Gasteiger charge is 2.22. The molecule has 1 aliphatic rings. The second kappa shape index (κ2) is 8.16. The van der Waals surface area contributed by atoms with Crippen LogP contribution in [0.25, 0.3) is 0 Å². The summed E-state index contributed by atoms with van der Waals surface area (Å²) in [5.41, 5.74) is 3.08. The van der Waals surface area contributed by atoms with Gasteiger partial charge in [0.15, 0.2) is 0 Å². The number of piperidine rings is 1. The Kier molecular flexibility index (Phi) is 5.71. The van der Waals surface area contributed by atoms with Gasteiger partial charge in [0.2, 0.25) is 0 Å². The number of carboxylic acids is 1. The molecule has 3 rings (SSSR count). The molecule has 0 radical (unpaired) electrons. The van der Waals surface area contributed by atoms with Gasteiger partial charge < -0.3 is 5.11 Å². The third-order valence-corrected chi connectivity index (χ3v) is 4.59. The highest BCUT2D eigenvalue weighted by atomic mass is 16.4. The first-order valence-corrected chi connectivity index (χ1v) is 8.77. The first-order valence-electron chi connectivity index (χ1n) is 8.77. The second-order valence-corrected chi connectivity index (χ2v) is 6.66. The van der Waals surface area contributed by atoms with Crippen LogP contribution in [0.1, 0.15) is 48.0 Å². The number of aromatic nitrogens is 3. The number of carbonyl (C=O) groups is 1. The lowest BCUT2D eigenvalue weighted by Gasteiger charge is -2.32. The zero-order valence-electron chi connectivity index (χ0n) is 14.6. The average molecular weight is 340 g/mol. The molecule has 3 heterocycles. The third kappa shape index (κ3) is 5.06. The number of pyridine rings is 1. The van der Waals surface area contributed by atoms with Crippen molar-refractivity contribution >= 4 is 5.97 Å². The van der Waals surface area contributed by atoms with Crippen LogP contribution in [-0.2, 0) is 17.8 Å². The molecule has 2 aromatic heterocycles. The van der Waals surface area contributed by atoms with Crippen LogP contribution in [0.15, 0.2) is 30.6 Å². The molecule has 132 valence electrons. The molecular formula is C19H24N4O2. The Morgan fingerprint density at radius 1 is 1.32 bits per heavy atom. The van der Waals surface area contributed by atoms with E-state index >= 15 is 0 Å². The minimum absolute atomic E-state index is 0.126. The Labute approximate surface area is 148 Å². The summed E-state index contributed by atoms with van der Waals surface area (Å²) in [5.74, 6) is 0.406. The van der Waals surface area contributed by atoms with Crippen LogP contribution in [0.3, 0.4) is 0 Å². The van der Waals surface area contributed by atoms with Crippen molar-refractivity contribution in [2.75, 3.05) is 13.1 Å². The first kappa shape index (κ1) is 17.5. The summed E-state index contributed by atoms with van der Waals surface area (Å²) in [6.45, 7) is 4.78. The van der Waals surface area contributed by atoms with E-state index in [-0.39, 0.29) is 6.42 Å². The smallest absolute Gasteiger partial charge is 0.303 e. The van der Waals surface area contributed by atoms with Gasteiger partial charge in [-0.25, -0.2) is 9.97 Å². The molecular weight excluding hydrogens is 316 g/mol. The van der Waals surface area contributed by atoms with Crippen molar-refractivity contribution in [3.63, 3.8) is 0 Å². The van der Waals surface area contributed by atoms with Gasteiger partial charge in [0.1, 0.15) is 5.82 Å². The van der Waals surface area contributed by atoms with Crippen molar-refractivity contribution in [2.45, 2.75) is 45.1 Å². The van der Waals surface area contributed by atoms with Gasteiger partial charge in [0.25, 0.3) is 0 Å². The van der Waals surface area contributed by atoms with Crippen LogP contribution in [0.5, 0.6) is 0 Å². The van der Waals surface area contributed by atoms with Crippen LogP contribution < -0.4 is 0 Å². The molecule has 0 amide bonds. The second-order valence-electron chi connectivity index (χ2n) is 6.66. The lowest BCUT2D eigenvalue weighted by atomic mass is 9.93. The first-order chi connectivity index (χ1) is 12.1. The average Bonchev–Trinajstić information content (AvgIpc) is 2.62. The molecule has 2 aromatic rings. The highest BCUT2D eigenvalue weighted by molar-refractivity contribution is 5.66. The van der Waals surface area contributed by atoms with Crippen molar-refractivity contribution in [1.29, 1.82) is 0 Å². The highest BCUT2D eigenvalue weighted by Crippen LogP contribution is 2.26. The molecule has 1 saturated heterocycles. The van der Waals surface area contributed by atoms with E-state index < -0.39 is 5.97 Å². The molecule has 0 aromatic carbocycles. The Morgan fingerprint density at radius 2 is 2.12 bits per heavy atom. The van der Waals surface area contributed by atoms with E-state index in [1.807, 2.05) is 31.5 Å². The number of aliphatic carboxylic acids is 1. The van der Waals surface area contributed by atoms with Gasteiger partial charge >= 0.3 is 5.97 Å². The van der Waals surface area contributed by atoms with Gasteiger partial charge in [-0.15, -0.1) is 0 Å². The summed E-state index contributed by atoms with van der Waals surface area (Å²) in [6.07, 6.45) is 6.67. The number of rotatable bonds is 6. The lowest BCUT2D eigenvalue weighted by Crippen LogP contribution is -2.34. The summed E-state index contributed by atoms with van der Waals surface area (Å²) in [6, 6.07) is 5.97. The third-order valence-electron chi connectivity index (χ3n) is 4.59. The minimum Gasteiger partial charge on any atom is -0.481 e. The fraction of sp³-hybridized carbons (Fsp3) is 0.474. The Morgan fingerprint density at radius 3 is 2.88 bits per heavy atom. The van der Waals surface area contributed by atoms with Crippen molar-refractivity contribution < 1.29 is 9.90 Å². The normalized spacial score (nSPS) is 18.2. The molecule has 1 atom stereocenters. The van der Waals surface area contributed by atoms with Crippen LogP contribution in [0.4, 0.5) is 0 Å². The van der Waals surface area contributed by atoms with Crippen LogP contribution >= 0.6 is 0 Å². The van der Waals surface area contributed by atoms with Crippen LogP contribution in [0, 0.1) is 6.92 Å². The molecule has 1 unspecified atom stereocenters. The largest absolute Gasteiger partial charge is 0.481 e. The number of carboxylic acid groups (broad SMARTS) is 1. The molecule has 6 heteroatoms. The summed E-state index contributed by atoms with van der Waals surface area (Å²) < 4.78 is 0. The van der Waals surface area contributed by atoms with Gasteiger partial charge in [-0.2, -0.15) is 0 Å². The van der Waals surface area contributed by atoms with Gasteiger partial charge in [0, 0.05) is 54.8 Å². The molecule has 0 bridgehead atoms. The van der Waals surface area contributed by atoms with E-state index in [0.717, 1.165) is 55.3 Å². The molecule has 1 aliphatic heterocycles. The maximum Gasteiger partial charge on any atom is 0.303 e. The van der Waals surface area contributed by atoms with Gasteiger partial charge in [-0.05, 0) is 38.4 Å². The van der Waals surface area contributed by atoms with E-state index in [2.05, 4.69) is 20.9 Å². The zero-order valence-corrected chi connectivity index (χ0v) is 14.6. The number of aryl methyl sites for hydroxylation is 2. The van der Waals surface area contributed by atoms with Crippen molar-refractivity contribution in [3.05, 3.63) is 53.4 Å². The molecule has 0 spiro atoms. The summed E-state index contributed by atoms with van der Waals surface area (Å²) in [7, 11) is 0. The summed E-state index contributed by atoms with van der Waals surface area (Å²) in [5, 5.41) is 8.84. The molecule has 1 fully saturated rings. The molecule has 25 heavy (non-hydrogen) atoms. The molecule has 6 nitrogen and oxygen atoms in total. The zero-order chi connectivity index (χ0) is 17.6. The quantitative estimate of drug-likeness (QED) is 0.871. The van der Waals surface area contributed by atoms with Gasteiger partial charge in [-0.1, -0.05) is 6.07 Å². The van der Waals surface area contributed by atoms with Crippen molar-refractivity contribution in [3.8, 4) is 0 Å². The number of hydrogen-bond acceptors (Lipinski definition) is 5. The molecule has 0 saturated carbocycles. The van der Waals surface area contributed by atoms with E-state index in [0.29, 0.717) is 12.3 Å². The predicted octanol–water partition coefficient (Wildman–Crippen LogP) is 2.58. The van der Waals surface area contributed by atoms with Crippen molar-refractivity contribution in [1.82, 2.24) is 19.9 Å². The van der Waals surface area contributed by atoms with Crippen LogP contribution in [-0.4, -0.2) is 44.0 Å². The van der Waals surface area contributed by atoms with Gasteiger partial charge in [0.05, 0.1) is 6.42 Å². The fourth-order valence-electron chi connectivity index (χ4n) is 3.30. The topological polar surface area (TPSA) is 79.2 Å². The summed E-state index contributed by atoms with van der Waals surface area (Å²) in [4.78, 5) is 26.4. The molecule has 1 N–H and O–H groups in total. The fourth-order valence-corrected chi connectivity index (χ4v) is 3.30. The SMILES string of the molecule is Cc1ncc(CN2CCCC(c3cccc(CCC(=O)O)n3)C2)cn1. The number of nitrogens with zero attached hydrogens (tertiary/aromatic N) is 4. The standard InChI is InChI=1S/C19H24N4O2/c1-14-20-10-15(11-21-14)12-23-9-3-4-16(13-23)18-6-2-5-17(22-18)7-8-19(24)25/h2,5-6,10-11,16H,3-4,7-9,12-13H2,1H3,(H,24,25). The Balaban J connectivity index is 1.63. The van der Waals surface area contributed by atoms with E-state index in [1.165, 1.54) is 0 Å². The van der Waals surface area contributed by atoms with Gasteiger partial charge in [-0.3, -0.25) is 14.7 Å². The Hall–Kier alpha value is -2.34. The Bertz CT molecular complexity index is 718. The minimum atomic E-state index is -0.781. The number of hydrogen-bond donors (Lipinski definition) is 1.